The molecule has 168 valence electrons. The van der Waals surface area contributed by atoms with Gasteiger partial charge in [-0.05, 0) is 62.1 Å². The molecular weight excluding hydrogens is 386 g/mol. The second-order valence-electron chi connectivity index (χ2n) is 9.92. The maximum absolute atomic E-state index is 13.3. The zero-order chi connectivity index (χ0) is 23.3. The second kappa shape index (κ2) is 9.99. The van der Waals surface area contributed by atoms with E-state index in [2.05, 4.69) is 5.32 Å². The average molecular weight is 424 g/mol. The van der Waals surface area contributed by atoms with Crippen LogP contribution in [0.4, 0.5) is 11.4 Å². The van der Waals surface area contributed by atoms with Gasteiger partial charge in [-0.2, -0.15) is 0 Å². The van der Waals surface area contributed by atoms with Crippen LogP contribution in [0.25, 0.3) is 0 Å². The molecule has 0 aliphatic rings. The van der Waals surface area contributed by atoms with E-state index in [4.69, 9.17) is 0 Å². The fraction of sp³-hybridized carbons (Fsp3) is 0.462. The van der Waals surface area contributed by atoms with Crippen LogP contribution in [0, 0.1) is 12.3 Å². The van der Waals surface area contributed by atoms with Crippen molar-refractivity contribution in [2.75, 3.05) is 24.3 Å². The first-order chi connectivity index (χ1) is 14.4. The van der Waals surface area contributed by atoms with Crippen LogP contribution in [0.3, 0.4) is 0 Å². The van der Waals surface area contributed by atoms with Gasteiger partial charge in [-0.3, -0.25) is 9.59 Å². The summed E-state index contributed by atoms with van der Waals surface area (Å²) < 4.78 is 0. The summed E-state index contributed by atoms with van der Waals surface area (Å²) in [6, 6.07) is 13.6. The minimum absolute atomic E-state index is 0.00516. The fourth-order valence-corrected chi connectivity index (χ4v) is 3.53. The Labute approximate surface area is 187 Å². The number of amides is 2. The van der Waals surface area contributed by atoms with Crippen molar-refractivity contribution in [2.45, 2.75) is 60.5 Å². The van der Waals surface area contributed by atoms with E-state index in [0.29, 0.717) is 18.5 Å². The lowest BCUT2D eigenvalue weighted by atomic mass is 9.92. The zero-order valence-electron chi connectivity index (χ0n) is 20.2. The van der Waals surface area contributed by atoms with Crippen molar-refractivity contribution in [3.63, 3.8) is 0 Å². The van der Waals surface area contributed by atoms with Gasteiger partial charge in [0.15, 0.2) is 0 Å². The molecule has 0 aromatic heterocycles. The van der Waals surface area contributed by atoms with E-state index in [0.717, 1.165) is 22.5 Å². The van der Waals surface area contributed by atoms with Crippen molar-refractivity contribution in [1.29, 1.82) is 0 Å². The number of benzene rings is 2. The van der Waals surface area contributed by atoms with E-state index in [1.165, 1.54) is 0 Å². The molecule has 2 aromatic carbocycles. The highest BCUT2D eigenvalue weighted by molar-refractivity contribution is 5.95. The van der Waals surface area contributed by atoms with E-state index < -0.39 is 0 Å². The number of carbonyl (C=O) groups excluding carboxylic acids is 2. The second-order valence-corrected chi connectivity index (χ2v) is 9.92. The molecular formula is C26H37N3O2. The number of nitrogens with one attached hydrogen (secondary N) is 1. The van der Waals surface area contributed by atoms with Gasteiger partial charge in [0.25, 0.3) is 5.91 Å². The maximum atomic E-state index is 13.3. The summed E-state index contributed by atoms with van der Waals surface area (Å²) in [5.74, 6) is -0.00168. The minimum Gasteiger partial charge on any atom is -0.377 e. The van der Waals surface area contributed by atoms with Gasteiger partial charge in [0.2, 0.25) is 5.91 Å². The first-order valence-electron chi connectivity index (χ1n) is 10.8. The molecule has 0 radical (unpaired) electrons. The molecule has 0 heterocycles. The lowest BCUT2D eigenvalue weighted by Crippen LogP contribution is -2.36. The highest BCUT2D eigenvalue weighted by Gasteiger charge is 2.22. The van der Waals surface area contributed by atoms with Gasteiger partial charge in [-0.25, -0.2) is 0 Å². The van der Waals surface area contributed by atoms with E-state index in [1.54, 1.807) is 0 Å². The summed E-state index contributed by atoms with van der Waals surface area (Å²) in [5.41, 5.74) is 4.44. The van der Waals surface area contributed by atoms with Crippen molar-refractivity contribution < 1.29 is 9.59 Å². The van der Waals surface area contributed by atoms with Gasteiger partial charge >= 0.3 is 0 Å². The number of hydrogen-bond acceptors (Lipinski definition) is 3. The molecule has 2 aromatic rings. The summed E-state index contributed by atoms with van der Waals surface area (Å²) in [7, 11) is 3.97. The third-order valence-corrected chi connectivity index (χ3v) is 5.03. The molecule has 0 fully saturated rings. The van der Waals surface area contributed by atoms with Crippen molar-refractivity contribution >= 4 is 23.2 Å². The van der Waals surface area contributed by atoms with Crippen LogP contribution in [0.1, 0.15) is 62.5 Å². The van der Waals surface area contributed by atoms with Crippen molar-refractivity contribution in [2.24, 2.45) is 5.41 Å². The molecule has 0 saturated carbocycles. The molecule has 2 rings (SSSR count). The first kappa shape index (κ1) is 24.4. The summed E-state index contributed by atoms with van der Waals surface area (Å²) >= 11 is 0. The maximum Gasteiger partial charge on any atom is 0.254 e. The van der Waals surface area contributed by atoms with Gasteiger partial charge in [0, 0.05) is 50.0 Å². The molecule has 0 aliphatic heterocycles. The Hall–Kier alpha value is -2.82. The molecule has 0 spiro atoms. The molecule has 0 saturated heterocycles. The number of carbonyl (C=O) groups is 2. The number of anilines is 2. The number of hydrogen-bond donors (Lipinski definition) is 1. The molecule has 0 unspecified atom stereocenters. The normalized spacial score (nSPS) is 11.4. The third kappa shape index (κ3) is 7.12. The highest BCUT2D eigenvalue weighted by Crippen LogP contribution is 2.27. The minimum atomic E-state index is -0.0782. The summed E-state index contributed by atoms with van der Waals surface area (Å²) in [4.78, 5) is 29.6. The molecule has 0 bridgehead atoms. The standard InChI is InChI=1S/C26H37N3O2/c1-18(2)29(25(31)20-11-9-10-19(3)14-20)17-21-15-22(12-13-23(21)28(7)8)27-24(30)16-26(4,5)6/h9-15,18H,16-17H2,1-8H3,(H,27,30). The van der Waals surface area contributed by atoms with E-state index in [1.807, 2.05) is 108 Å². The Morgan fingerprint density at radius 1 is 1.03 bits per heavy atom. The summed E-state index contributed by atoms with van der Waals surface area (Å²) in [5, 5.41) is 3.01. The van der Waals surface area contributed by atoms with Crippen LogP contribution in [0.2, 0.25) is 0 Å². The van der Waals surface area contributed by atoms with Gasteiger partial charge < -0.3 is 15.1 Å². The monoisotopic (exact) mass is 423 g/mol. The zero-order valence-corrected chi connectivity index (χ0v) is 20.2. The predicted octanol–water partition coefficient (Wildman–Crippen LogP) is 5.49. The SMILES string of the molecule is Cc1cccc(C(=O)N(Cc2cc(NC(=O)CC(C)(C)C)ccc2N(C)C)C(C)C)c1. The molecule has 0 aliphatic carbocycles. The van der Waals surface area contributed by atoms with Crippen molar-refractivity contribution in [3.05, 3.63) is 59.2 Å². The van der Waals surface area contributed by atoms with Crippen molar-refractivity contribution in [3.8, 4) is 0 Å². The summed E-state index contributed by atoms with van der Waals surface area (Å²) in [6.45, 7) is 12.6. The summed E-state index contributed by atoms with van der Waals surface area (Å²) in [6.07, 6.45) is 0.446. The Kier molecular flexibility index (Phi) is 7.88. The number of rotatable bonds is 7. The Morgan fingerprint density at radius 3 is 2.26 bits per heavy atom. The third-order valence-electron chi connectivity index (χ3n) is 5.03. The van der Waals surface area contributed by atoms with Gasteiger partial charge in [-0.15, -0.1) is 0 Å². The van der Waals surface area contributed by atoms with E-state index in [-0.39, 0.29) is 23.3 Å². The van der Waals surface area contributed by atoms with E-state index >= 15 is 0 Å². The highest BCUT2D eigenvalue weighted by atomic mass is 16.2. The Balaban J connectivity index is 2.34. The van der Waals surface area contributed by atoms with Crippen LogP contribution >= 0.6 is 0 Å². The van der Waals surface area contributed by atoms with Gasteiger partial charge in [-0.1, -0.05) is 38.5 Å². The molecule has 0 atom stereocenters. The van der Waals surface area contributed by atoms with Crippen LogP contribution in [-0.4, -0.2) is 36.9 Å². The molecule has 5 nitrogen and oxygen atoms in total. The molecule has 2 amide bonds. The average Bonchev–Trinajstić information content (AvgIpc) is 2.63. The molecule has 1 N–H and O–H groups in total. The van der Waals surface area contributed by atoms with Crippen LogP contribution in [-0.2, 0) is 11.3 Å². The van der Waals surface area contributed by atoms with E-state index in [9.17, 15) is 9.59 Å². The largest absolute Gasteiger partial charge is 0.377 e. The number of aryl methyl sites for hydroxylation is 1. The van der Waals surface area contributed by atoms with Crippen LogP contribution in [0.5, 0.6) is 0 Å². The van der Waals surface area contributed by atoms with Crippen molar-refractivity contribution in [1.82, 2.24) is 4.90 Å². The Bertz CT molecular complexity index is 926. The smallest absolute Gasteiger partial charge is 0.254 e. The lowest BCUT2D eigenvalue weighted by molar-refractivity contribution is -0.117. The quantitative estimate of drug-likeness (QED) is 0.641. The first-order valence-corrected chi connectivity index (χ1v) is 10.8. The topological polar surface area (TPSA) is 52.7 Å². The predicted molar refractivity (Wildman–Crippen MR) is 130 cm³/mol. The molecule has 31 heavy (non-hydrogen) atoms. The van der Waals surface area contributed by atoms with Gasteiger partial charge in [0.1, 0.15) is 0 Å². The number of nitrogens with zero attached hydrogens (tertiary/aromatic N) is 2. The van der Waals surface area contributed by atoms with Crippen LogP contribution < -0.4 is 10.2 Å². The molecule has 5 heteroatoms. The Morgan fingerprint density at radius 2 is 1.71 bits per heavy atom. The van der Waals surface area contributed by atoms with Crippen LogP contribution in [0.15, 0.2) is 42.5 Å². The fourth-order valence-electron chi connectivity index (χ4n) is 3.53. The van der Waals surface area contributed by atoms with Gasteiger partial charge in [0.05, 0.1) is 0 Å². The lowest BCUT2D eigenvalue weighted by Gasteiger charge is -2.29.